The van der Waals surface area contributed by atoms with E-state index >= 15 is 0 Å². The minimum absolute atomic E-state index is 0.170. The molecule has 9 nitrogen and oxygen atoms in total. The standard InChI is InChI=1S/C20H23N7O2S/c1-13-12-29-11-10-25(13)17-14-8-9-26(30(3)28)18(14)24-20(23-17)27-16-7-5-4-6-15(16)22-19(27)21-2/h4-9,13H,10-12H2,1-3H3,(H,21,22). The molecule has 2 atom stereocenters. The summed E-state index contributed by atoms with van der Waals surface area (Å²) in [7, 11) is 0.583. The van der Waals surface area contributed by atoms with Gasteiger partial charge in [0.2, 0.25) is 11.9 Å². The normalized spacial score (nSPS) is 18.2. The lowest BCUT2D eigenvalue weighted by molar-refractivity contribution is 0.0987. The summed E-state index contributed by atoms with van der Waals surface area (Å²) < 4.78 is 21.6. The number of hydrogen-bond acceptors (Lipinski definition) is 7. The highest BCUT2D eigenvalue weighted by Crippen LogP contribution is 2.31. The predicted molar refractivity (Wildman–Crippen MR) is 119 cm³/mol. The smallest absolute Gasteiger partial charge is 0.241 e. The molecule has 0 aliphatic carbocycles. The Balaban J connectivity index is 1.81. The van der Waals surface area contributed by atoms with Gasteiger partial charge < -0.3 is 15.0 Å². The van der Waals surface area contributed by atoms with Crippen molar-refractivity contribution in [3.8, 4) is 5.95 Å². The molecule has 1 saturated heterocycles. The molecule has 1 aliphatic heterocycles. The van der Waals surface area contributed by atoms with Gasteiger partial charge in [0.25, 0.3) is 0 Å². The number of imidazole rings is 1. The molecule has 3 aromatic heterocycles. The first-order valence-electron chi connectivity index (χ1n) is 9.81. The van der Waals surface area contributed by atoms with Gasteiger partial charge in [-0.2, -0.15) is 9.97 Å². The van der Waals surface area contributed by atoms with Crippen molar-refractivity contribution in [2.75, 3.05) is 43.3 Å². The van der Waals surface area contributed by atoms with Crippen LogP contribution >= 0.6 is 0 Å². The van der Waals surface area contributed by atoms with Gasteiger partial charge in [0.15, 0.2) is 5.65 Å². The Morgan fingerprint density at radius 1 is 1.20 bits per heavy atom. The van der Waals surface area contributed by atoms with E-state index in [1.54, 1.807) is 16.4 Å². The van der Waals surface area contributed by atoms with E-state index in [-0.39, 0.29) is 6.04 Å². The molecular formula is C20H23N7O2S. The van der Waals surface area contributed by atoms with Crippen LogP contribution in [0, 0.1) is 0 Å². The molecule has 1 fully saturated rings. The largest absolute Gasteiger partial charge is 0.377 e. The van der Waals surface area contributed by atoms with Gasteiger partial charge in [-0.25, -0.2) is 17.7 Å². The van der Waals surface area contributed by atoms with Crippen LogP contribution in [0.5, 0.6) is 0 Å². The molecule has 10 heteroatoms. The van der Waals surface area contributed by atoms with E-state index in [1.807, 2.05) is 41.9 Å². The summed E-state index contributed by atoms with van der Waals surface area (Å²) in [4.78, 5) is 16.7. The number of nitrogens with one attached hydrogen (secondary N) is 1. The number of morpholine rings is 1. The number of ether oxygens (including phenoxy) is 1. The lowest BCUT2D eigenvalue weighted by Gasteiger charge is -2.34. The van der Waals surface area contributed by atoms with E-state index in [4.69, 9.17) is 14.7 Å². The molecule has 1 aromatic carbocycles. The molecule has 1 N–H and O–H groups in total. The van der Waals surface area contributed by atoms with Gasteiger partial charge in [-0.1, -0.05) is 12.1 Å². The van der Waals surface area contributed by atoms with E-state index < -0.39 is 11.0 Å². The topological polar surface area (TPSA) is 90.1 Å². The maximum atomic E-state index is 12.4. The zero-order valence-electron chi connectivity index (χ0n) is 17.1. The summed E-state index contributed by atoms with van der Waals surface area (Å²) in [5.41, 5.74) is 2.38. The van der Waals surface area contributed by atoms with Crippen molar-refractivity contribution in [1.29, 1.82) is 0 Å². The van der Waals surface area contributed by atoms with Crippen LogP contribution in [0.2, 0.25) is 0 Å². The van der Waals surface area contributed by atoms with Crippen LogP contribution in [-0.2, 0) is 15.7 Å². The number of para-hydroxylation sites is 2. The van der Waals surface area contributed by atoms with E-state index in [9.17, 15) is 4.21 Å². The second kappa shape index (κ2) is 7.37. The molecule has 4 heterocycles. The number of rotatable bonds is 4. The zero-order valence-corrected chi connectivity index (χ0v) is 17.9. The number of anilines is 2. The maximum Gasteiger partial charge on any atom is 0.241 e. The van der Waals surface area contributed by atoms with Gasteiger partial charge in [0.05, 0.1) is 35.7 Å². The monoisotopic (exact) mass is 425 g/mol. The van der Waals surface area contributed by atoms with Gasteiger partial charge in [0.1, 0.15) is 16.8 Å². The van der Waals surface area contributed by atoms with Gasteiger partial charge in [0, 0.05) is 26.0 Å². The Bertz CT molecular complexity index is 1260. The SMILES string of the molecule is CNc1nc2ccccc2n1-c1nc(N2CCOCC2C)c2ccn(S(C)=O)c2n1. The van der Waals surface area contributed by atoms with Crippen molar-refractivity contribution in [3.05, 3.63) is 36.5 Å². The number of fused-ring (bicyclic) bond motifs is 2. The molecule has 0 spiro atoms. The van der Waals surface area contributed by atoms with E-state index in [0.29, 0.717) is 30.8 Å². The quantitative estimate of drug-likeness (QED) is 0.536. The van der Waals surface area contributed by atoms with Crippen molar-refractivity contribution < 1.29 is 8.95 Å². The predicted octanol–water partition coefficient (Wildman–Crippen LogP) is 2.18. The molecule has 4 aromatic rings. The Hall–Kier alpha value is -2.98. The Labute approximate surface area is 176 Å². The summed E-state index contributed by atoms with van der Waals surface area (Å²) in [6.07, 6.45) is 3.45. The van der Waals surface area contributed by atoms with Crippen LogP contribution in [0.25, 0.3) is 28.0 Å². The summed E-state index contributed by atoms with van der Waals surface area (Å²) >= 11 is 0. The van der Waals surface area contributed by atoms with Crippen LogP contribution in [0.3, 0.4) is 0 Å². The number of benzene rings is 1. The van der Waals surface area contributed by atoms with E-state index in [1.165, 1.54) is 0 Å². The van der Waals surface area contributed by atoms with Crippen molar-refractivity contribution in [3.63, 3.8) is 0 Å². The van der Waals surface area contributed by atoms with Gasteiger partial charge >= 0.3 is 0 Å². The molecule has 30 heavy (non-hydrogen) atoms. The third-order valence-corrected chi connectivity index (χ3v) is 6.23. The lowest BCUT2D eigenvalue weighted by Crippen LogP contribution is -2.44. The Morgan fingerprint density at radius 2 is 2.03 bits per heavy atom. The third kappa shape index (κ3) is 2.94. The van der Waals surface area contributed by atoms with E-state index in [2.05, 4.69) is 22.1 Å². The van der Waals surface area contributed by atoms with Crippen molar-refractivity contribution in [2.24, 2.45) is 0 Å². The minimum Gasteiger partial charge on any atom is -0.377 e. The third-order valence-electron chi connectivity index (χ3n) is 5.38. The molecule has 2 unspecified atom stereocenters. The molecule has 1 aliphatic rings. The van der Waals surface area contributed by atoms with Crippen LogP contribution in [0.4, 0.5) is 11.8 Å². The van der Waals surface area contributed by atoms with Crippen molar-refractivity contribution in [1.82, 2.24) is 23.5 Å². The number of aromatic nitrogens is 5. The van der Waals surface area contributed by atoms with Crippen molar-refractivity contribution >= 4 is 44.8 Å². The first-order chi connectivity index (χ1) is 14.6. The molecule has 0 radical (unpaired) electrons. The maximum absolute atomic E-state index is 12.4. The number of nitrogens with zero attached hydrogens (tertiary/aromatic N) is 6. The second-order valence-electron chi connectivity index (χ2n) is 7.28. The average molecular weight is 426 g/mol. The molecule has 156 valence electrons. The van der Waals surface area contributed by atoms with E-state index in [0.717, 1.165) is 28.8 Å². The highest BCUT2D eigenvalue weighted by atomic mass is 32.2. The molecule has 0 amide bonds. The Kier molecular flexibility index (Phi) is 4.67. The van der Waals surface area contributed by atoms with Crippen LogP contribution in [-0.4, -0.2) is 66.8 Å². The summed E-state index contributed by atoms with van der Waals surface area (Å²) in [6, 6.07) is 9.97. The number of hydrogen-bond donors (Lipinski definition) is 1. The highest BCUT2D eigenvalue weighted by Gasteiger charge is 2.26. The fourth-order valence-electron chi connectivity index (χ4n) is 3.93. The minimum atomic E-state index is -1.24. The fraction of sp³-hybridized carbons (Fsp3) is 0.350. The Morgan fingerprint density at radius 3 is 2.80 bits per heavy atom. The zero-order chi connectivity index (χ0) is 20.8. The molecule has 0 saturated carbocycles. The lowest BCUT2D eigenvalue weighted by atomic mass is 10.2. The summed E-state index contributed by atoms with van der Waals surface area (Å²) in [5.74, 6) is 1.95. The van der Waals surface area contributed by atoms with Crippen LogP contribution in [0.1, 0.15) is 6.92 Å². The highest BCUT2D eigenvalue weighted by molar-refractivity contribution is 7.82. The summed E-state index contributed by atoms with van der Waals surface area (Å²) in [5, 5.41) is 4.02. The van der Waals surface area contributed by atoms with Crippen LogP contribution in [0.15, 0.2) is 36.5 Å². The molecular weight excluding hydrogens is 402 g/mol. The van der Waals surface area contributed by atoms with Gasteiger partial charge in [-0.15, -0.1) is 0 Å². The van der Waals surface area contributed by atoms with Gasteiger partial charge in [-0.3, -0.25) is 0 Å². The second-order valence-corrected chi connectivity index (χ2v) is 8.52. The average Bonchev–Trinajstić information content (AvgIpc) is 3.34. The van der Waals surface area contributed by atoms with Crippen LogP contribution < -0.4 is 10.2 Å². The first-order valence-corrected chi connectivity index (χ1v) is 11.3. The molecule has 5 rings (SSSR count). The first kappa shape index (κ1) is 19.0. The summed E-state index contributed by atoms with van der Waals surface area (Å²) in [6.45, 7) is 4.13. The fourth-order valence-corrected chi connectivity index (χ4v) is 4.54. The van der Waals surface area contributed by atoms with Gasteiger partial charge in [-0.05, 0) is 25.1 Å². The molecule has 0 bridgehead atoms. The van der Waals surface area contributed by atoms with Crippen molar-refractivity contribution in [2.45, 2.75) is 13.0 Å².